The molecule has 1 aromatic carbocycles. The minimum absolute atomic E-state index is 0.0918. The summed E-state index contributed by atoms with van der Waals surface area (Å²) < 4.78 is 10.6. The zero-order valence-electron chi connectivity index (χ0n) is 11.3. The monoisotopic (exact) mass is 278 g/mol. The Bertz CT molecular complexity index is 554. The smallest absolute Gasteiger partial charge is 0.127 e. The quantitative estimate of drug-likeness (QED) is 0.652. The van der Waals surface area contributed by atoms with Crippen molar-refractivity contribution in [2.45, 2.75) is 13.0 Å². The molecule has 2 rings (SSSR count). The lowest BCUT2D eigenvalue weighted by Gasteiger charge is -2.19. The van der Waals surface area contributed by atoms with Gasteiger partial charge in [0.15, 0.2) is 0 Å². The van der Waals surface area contributed by atoms with Gasteiger partial charge in [-0.05, 0) is 36.1 Å². The number of aryl methyl sites for hydroxylation is 1. The first-order valence-corrected chi connectivity index (χ1v) is 6.80. The molecule has 0 radical (unpaired) electrons. The number of hydrogen-bond donors (Lipinski definition) is 2. The molecular formula is C14H18N2O2S. The average molecular weight is 278 g/mol. The van der Waals surface area contributed by atoms with Gasteiger partial charge in [0.05, 0.1) is 20.3 Å². The Balaban J connectivity index is 2.43. The first-order chi connectivity index (χ1) is 9.19. The highest BCUT2D eigenvalue weighted by Crippen LogP contribution is 2.34. The third kappa shape index (κ3) is 2.89. The number of nitrogens with one attached hydrogen (secondary N) is 1. The van der Waals surface area contributed by atoms with Gasteiger partial charge in [0.25, 0.3) is 0 Å². The zero-order chi connectivity index (χ0) is 13.8. The molecule has 0 saturated heterocycles. The van der Waals surface area contributed by atoms with E-state index in [1.54, 1.807) is 25.6 Å². The van der Waals surface area contributed by atoms with Crippen LogP contribution in [0.2, 0.25) is 0 Å². The minimum Gasteiger partial charge on any atom is -0.497 e. The van der Waals surface area contributed by atoms with E-state index in [0.717, 1.165) is 22.6 Å². The van der Waals surface area contributed by atoms with E-state index in [-0.39, 0.29) is 6.04 Å². The number of hydrogen-bond acceptors (Lipinski definition) is 5. The fourth-order valence-corrected chi connectivity index (χ4v) is 2.77. The van der Waals surface area contributed by atoms with Crippen LogP contribution in [0, 0.1) is 6.92 Å². The van der Waals surface area contributed by atoms with Crippen LogP contribution in [0.4, 0.5) is 0 Å². The summed E-state index contributed by atoms with van der Waals surface area (Å²) in [6, 6.07) is 7.76. The summed E-state index contributed by atoms with van der Waals surface area (Å²) in [5.41, 5.74) is 4.97. The van der Waals surface area contributed by atoms with Crippen molar-refractivity contribution in [2.24, 2.45) is 5.84 Å². The van der Waals surface area contributed by atoms with Crippen LogP contribution in [0.3, 0.4) is 0 Å². The Hall–Kier alpha value is -1.56. The maximum absolute atomic E-state index is 5.71. The summed E-state index contributed by atoms with van der Waals surface area (Å²) in [5.74, 6) is 7.23. The van der Waals surface area contributed by atoms with Crippen molar-refractivity contribution in [3.8, 4) is 11.5 Å². The number of ether oxygens (including phenoxy) is 2. The molecule has 0 aliphatic rings. The van der Waals surface area contributed by atoms with Gasteiger partial charge in [-0.25, -0.2) is 5.43 Å². The van der Waals surface area contributed by atoms with Crippen LogP contribution in [0.25, 0.3) is 0 Å². The van der Waals surface area contributed by atoms with Crippen LogP contribution in [-0.4, -0.2) is 14.2 Å². The van der Waals surface area contributed by atoms with Crippen molar-refractivity contribution in [3.05, 3.63) is 45.6 Å². The van der Waals surface area contributed by atoms with Gasteiger partial charge in [0.2, 0.25) is 0 Å². The zero-order valence-corrected chi connectivity index (χ0v) is 12.1. The molecule has 4 nitrogen and oxygen atoms in total. The van der Waals surface area contributed by atoms with E-state index in [0.29, 0.717) is 0 Å². The van der Waals surface area contributed by atoms with E-state index >= 15 is 0 Å². The normalized spacial score (nSPS) is 12.2. The van der Waals surface area contributed by atoms with Crippen LogP contribution >= 0.6 is 11.3 Å². The molecule has 0 bridgehead atoms. The SMILES string of the molecule is COc1ccc(C(NN)c2csc(C)c2)c(OC)c1. The van der Waals surface area contributed by atoms with Gasteiger partial charge in [-0.3, -0.25) is 5.84 Å². The predicted molar refractivity (Wildman–Crippen MR) is 77.8 cm³/mol. The van der Waals surface area contributed by atoms with Crippen molar-refractivity contribution in [1.82, 2.24) is 5.43 Å². The van der Waals surface area contributed by atoms with E-state index in [4.69, 9.17) is 15.3 Å². The molecule has 0 aliphatic heterocycles. The minimum atomic E-state index is -0.0918. The lowest BCUT2D eigenvalue weighted by Crippen LogP contribution is -2.28. The fraction of sp³-hybridized carbons (Fsp3) is 0.286. The summed E-state index contributed by atoms with van der Waals surface area (Å²) in [7, 11) is 3.28. The van der Waals surface area contributed by atoms with E-state index in [9.17, 15) is 0 Å². The largest absolute Gasteiger partial charge is 0.497 e. The molecule has 2 aromatic rings. The lowest BCUT2D eigenvalue weighted by molar-refractivity contribution is 0.387. The summed E-state index contributed by atoms with van der Waals surface area (Å²) >= 11 is 1.70. The van der Waals surface area contributed by atoms with Crippen molar-refractivity contribution in [1.29, 1.82) is 0 Å². The van der Waals surface area contributed by atoms with Gasteiger partial charge in [-0.15, -0.1) is 11.3 Å². The Labute approximate surface area is 117 Å². The standard InChI is InChI=1S/C14H18N2O2S/c1-9-6-10(8-19-9)14(16-15)12-5-4-11(17-2)7-13(12)18-3/h4-8,14,16H,15H2,1-3H3. The van der Waals surface area contributed by atoms with Crippen molar-refractivity contribution in [2.75, 3.05) is 14.2 Å². The highest BCUT2D eigenvalue weighted by atomic mass is 32.1. The third-order valence-electron chi connectivity index (χ3n) is 3.00. The summed E-state index contributed by atoms with van der Waals surface area (Å²) in [5, 5.41) is 2.10. The second-order valence-electron chi connectivity index (χ2n) is 4.20. The van der Waals surface area contributed by atoms with Crippen LogP contribution in [0.1, 0.15) is 22.0 Å². The highest BCUT2D eigenvalue weighted by molar-refractivity contribution is 7.10. The van der Waals surface area contributed by atoms with E-state index in [1.807, 2.05) is 18.2 Å². The first-order valence-electron chi connectivity index (χ1n) is 5.92. The van der Waals surface area contributed by atoms with Gasteiger partial charge >= 0.3 is 0 Å². The van der Waals surface area contributed by atoms with Gasteiger partial charge < -0.3 is 9.47 Å². The number of thiophene rings is 1. The molecule has 1 heterocycles. The number of nitrogens with two attached hydrogens (primary N) is 1. The maximum atomic E-state index is 5.71. The predicted octanol–water partition coefficient (Wildman–Crippen LogP) is 2.63. The first kappa shape index (κ1) is 13.9. The molecule has 0 fully saturated rings. The van der Waals surface area contributed by atoms with Gasteiger partial charge in [0.1, 0.15) is 11.5 Å². The second-order valence-corrected chi connectivity index (χ2v) is 5.31. The number of benzene rings is 1. The van der Waals surface area contributed by atoms with Gasteiger partial charge in [-0.1, -0.05) is 0 Å². The summed E-state index contributed by atoms with van der Waals surface area (Å²) in [6.07, 6.45) is 0. The van der Waals surface area contributed by atoms with Crippen LogP contribution in [0.5, 0.6) is 11.5 Å². The maximum Gasteiger partial charge on any atom is 0.127 e. The van der Waals surface area contributed by atoms with Crippen molar-refractivity contribution >= 4 is 11.3 Å². The Morgan fingerprint density at radius 2 is 2.00 bits per heavy atom. The number of rotatable bonds is 5. The fourth-order valence-electron chi connectivity index (χ4n) is 2.04. The van der Waals surface area contributed by atoms with E-state index in [2.05, 4.69) is 23.8 Å². The molecule has 0 amide bonds. The molecule has 1 aromatic heterocycles. The van der Waals surface area contributed by atoms with E-state index < -0.39 is 0 Å². The van der Waals surface area contributed by atoms with E-state index in [1.165, 1.54) is 4.88 Å². The third-order valence-corrected chi connectivity index (χ3v) is 3.88. The van der Waals surface area contributed by atoms with Crippen LogP contribution < -0.4 is 20.7 Å². The molecule has 1 unspecified atom stereocenters. The molecular weight excluding hydrogens is 260 g/mol. The Kier molecular flexibility index (Phi) is 4.42. The molecule has 0 spiro atoms. The lowest BCUT2D eigenvalue weighted by atomic mass is 10.0. The molecule has 19 heavy (non-hydrogen) atoms. The van der Waals surface area contributed by atoms with Crippen molar-refractivity contribution in [3.63, 3.8) is 0 Å². The Morgan fingerprint density at radius 1 is 1.21 bits per heavy atom. The molecule has 102 valence electrons. The summed E-state index contributed by atoms with van der Waals surface area (Å²) in [4.78, 5) is 1.25. The molecule has 3 N–H and O–H groups in total. The van der Waals surface area contributed by atoms with Crippen LogP contribution in [-0.2, 0) is 0 Å². The van der Waals surface area contributed by atoms with Crippen molar-refractivity contribution < 1.29 is 9.47 Å². The van der Waals surface area contributed by atoms with Crippen LogP contribution in [0.15, 0.2) is 29.6 Å². The molecule has 5 heteroatoms. The molecule has 0 aliphatic carbocycles. The second kappa shape index (κ2) is 6.06. The number of hydrazine groups is 1. The summed E-state index contributed by atoms with van der Waals surface area (Å²) in [6.45, 7) is 2.08. The van der Waals surface area contributed by atoms with Gasteiger partial charge in [0, 0.05) is 16.5 Å². The Morgan fingerprint density at radius 3 is 2.53 bits per heavy atom. The topological polar surface area (TPSA) is 56.5 Å². The van der Waals surface area contributed by atoms with Gasteiger partial charge in [-0.2, -0.15) is 0 Å². The molecule has 0 saturated carbocycles. The highest BCUT2D eigenvalue weighted by Gasteiger charge is 2.18. The molecule has 1 atom stereocenters. The average Bonchev–Trinajstić information content (AvgIpc) is 2.86. The number of methoxy groups -OCH3 is 2.